The molecule has 0 atom stereocenters. The summed E-state index contributed by atoms with van der Waals surface area (Å²) in [7, 11) is 0. The van der Waals surface area contributed by atoms with Crippen molar-refractivity contribution in [2.75, 3.05) is 0 Å². The fraction of sp³-hybridized carbons (Fsp3) is 0.250. The van der Waals surface area contributed by atoms with Gasteiger partial charge in [-0.2, -0.15) is 23.4 Å². The minimum atomic E-state index is -4.50. The number of hydrogen-bond donors (Lipinski definition) is 0. The average molecular weight is 360 g/mol. The van der Waals surface area contributed by atoms with Gasteiger partial charge in [-0.15, -0.1) is 0 Å². The number of halogens is 4. The van der Waals surface area contributed by atoms with Gasteiger partial charge in [0.25, 0.3) is 0 Å². The third-order valence-corrected chi connectivity index (χ3v) is 3.37. The molecule has 0 saturated heterocycles. The molecule has 0 radical (unpaired) electrons. The van der Waals surface area contributed by atoms with E-state index in [-0.39, 0.29) is 11.9 Å². The maximum absolute atomic E-state index is 13.0. The summed E-state index contributed by atoms with van der Waals surface area (Å²) in [6.45, 7) is 0.701. The summed E-state index contributed by atoms with van der Waals surface area (Å²) in [5.41, 5.74) is -0.504. The molecule has 0 spiro atoms. The van der Waals surface area contributed by atoms with E-state index in [2.05, 4.69) is 31.1 Å². The maximum Gasteiger partial charge on any atom is 0.435 e. The quantitative estimate of drug-likeness (QED) is 0.721. The van der Waals surface area contributed by atoms with Crippen molar-refractivity contribution in [2.24, 2.45) is 0 Å². The van der Waals surface area contributed by atoms with E-state index < -0.39 is 11.9 Å². The van der Waals surface area contributed by atoms with Gasteiger partial charge in [-0.25, -0.2) is 0 Å². The summed E-state index contributed by atoms with van der Waals surface area (Å²) in [5, 5.41) is 7.75. The minimum absolute atomic E-state index is 0.00615. The number of alkyl halides is 3. The van der Waals surface area contributed by atoms with E-state index in [1.165, 1.54) is 23.1 Å². The van der Waals surface area contributed by atoms with E-state index in [0.717, 1.165) is 4.47 Å². The number of fused-ring (bicyclic) bond motifs is 1. The van der Waals surface area contributed by atoms with Crippen LogP contribution in [0.5, 0.6) is 0 Å². The van der Waals surface area contributed by atoms with Gasteiger partial charge >= 0.3 is 6.18 Å². The Hall–Kier alpha value is -1.90. The van der Waals surface area contributed by atoms with Gasteiger partial charge in [0, 0.05) is 18.6 Å². The molecule has 3 aromatic rings. The molecule has 0 aromatic carbocycles. The van der Waals surface area contributed by atoms with E-state index >= 15 is 0 Å². The minimum Gasteiger partial charge on any atom is -0.270 e. The zero-order valence-corrected chi connectivity index (χ0v) is 12.1. The lowest BCUT2D eigenvalue weighted by atomic mass is 10.2. The van der Waals surface area contributed by atoms with Crippen LogP contribution in [-0.4, -0.2) is 24.5 Å². The second-order valence-electron chi connectivity index (χ2n) is 4.38. The van der Waals surface area contributed by atoms with E-state index in [1.807, 2.05) is 0 Å². The number of hydrogen-bond acceptors (Lipinski definition) is 3. The molecule has 0 unspecified atom stereocenters. The normalized spacial score (nSPS) is 12.2. The summed E-state index contributed by atoms with van der Waals surface area (Å²) >= 11 is 3.27. The first-order chi connectivity index (χ1) is 9.95. The molecule has 3 heterocycles. The number of aryl methyl sites for hydroxylation is 2. The lowest BCUT2D eigenvalue weighted by molar-refractivity contribution is -0.140. The van der Waals surface area contributed by atoms with Crippen LogP contribution >= 0.6 is 15.9 Å². The van der Waals surface area contributed by atoms with Crippen LogP contribution in [0.3, 0.4) is 0 Å². The molecule has 110 valence electrons. The van der Waals surface area contributed by atoms with Crippen molar-refractivity contribution in [3.8, 4) is 0 Å². The molecule has 21 heavy (non-hydrogen) atoms. The smallest absolute Gasteiger partial charge is 0.270 e. The van der Waals surface area contributed by atoms with E-state index in [1.54, 1.807) is 17.1 Å². The van der Waals surface area contributed by atoms with Gasteiger partial charge in [0.15, 0.2) is 5.69 Å². The van der Waals surface area contributed by atoms with Crippen LogP contribution in [0.4, 0.5) is 13.2 Å². The molecular weight excluding hydrogens is 351 g/mol. The molecule has 0 saturated carbocycles. The Kier molecular flexibility index (Phi) is 3.44. The molecule has 0 aliphatic rings. The Balaban J connectivity index is 1.95. The highest BCUT2D eigenvalue weighted by Crippen LogP contribution is 2.33. The summed E-state index contributed by atoms with van der Waals surface area (Å²) in [6, 6.07) is 1.52. The Morgan fingerprint density at radius 2 is 2.00 bits per heavy atom. The molecule has 0 bridgehead atoms. The van der Waals surface area contributed by atoms with Gasteiger partial charge in [0.05, 0.1) is 34.7 Å². The number of rotatable bonds is 3. The SMILES string of the molecule is FC(F)(F)c1nn(CCn2cc(Br)cn2)c2ccncc12. The van der Waals surface area contributed by atoms with Crippen LogP contribution in [0, 0.1) is 0 Å². The molecule has 5 nitrogen and oxygen atoms in total. The summed E-state index contributed by atoms with van der Waals surface area (Å²) in [5.74, 6) is 0. The largest absolute Gasteiger partial charge is 0.435 e. The highest BCUT2D eigenvalue weighted by molar-refractivity contribution is 9.10. The third kappa shape index (κ3) is 2.78. The molecule has 0 aliphatic heterocycles. The number of aromatic nitrogens is 5. The maximum atomic E-state index is 13.0. The average Bonchev–Trinajstić information content (AvgIpc) is 3.00. The molecule has 3 rings (SSSR count). The van der Waals surface area contributed by atoms with Gasteiger partial charge in [-0.1, -0.05) is 0 Å². The Morgan fingerprint density at radius 1 is 1.19 bits per heavy atom. The van der Waals surface area contributed by atoms with Crippen molar-refractivity contribution >= 4 is 26.8 Å². The third-order valence-electron chi connectivity index (χ3n) is 2.96. The predicted molar refractivity (Wildman–Crippen MR) is 72.5 cm³/mol. The van der Waals surface area contributed by atoms with Crippen LogP contribution in [0.25, 0.3) is 10.9 Å². The second-order valence-corrected chi connectivity index (χ2v) is 5.30. The van der Waals surface area contributed by atoms with Crippen LogP contribution in [0.2, 0.25) is 0 Å². The zero-order chi connectivity index (χ0) is 15.0. The molecule has 0 aliphatic carbocycles. The van der Waals surface area contributed by atoms with Crippen molar-refractivity contribution in [2.45, 2.75) is 19.3 Å². The fourth-order valence-electron chi connectivity index (χ4n) is 2.06. The fourth-order valence-corrected chi connectivity index (χ4v) is 2.39. The van der Waals surface area contributed by atoms with Crippen molar-refractivity contribution in [3.63, 3.8) is 0 Å². The highest BCUT2D eigenvalue weighted by Gasteiger charge is 2.36. The summed E-state index contributed by atoms with van der Waals surface area (Å²) in [6.07, 6.45) is 1.50. The van der Waals surface area contributed by atoms with E-state index in [0.29, 0.717) is 12.1 Å². The molecule has 0 fully saturated rings. The molecule has 0 amide bonds. The van der Waals surface area contributed by atoms with Gasteiger partial charge in [0.1, 0.15) is 0 Å². The summed E-state index contributed by atoms with van der Waals surface area (Å²) in [4.78, 5) is 3.74. The van der Waals surface area contributed by atoms with Gasteiger partial charge in [0.2, 0.25) is 0 Å². The number of nitrogens with zero attached hydrogens (tertiary/aromatic N) is 5. The first-order valence-electron chi connectivity index (χ1n) is 6.01. The van der Waals surface area contributed by atoms with Crippen LogP contribution in [0.1, 0.15) is 5.69 Å². The zero-order valence-electron chi connectivity index (χ0n) is 10.5. The standard InChI is InChI=1S/C12H9BrF3N5/c13-8-5-18-20(7-8)3-4-21-10-1-2-17-6-9(10)11(19-21)12(14,15)16/h1-2,5-7H,3-4H2. The molecule has 9 heteroatoms. The first-order valence-corrected chi connectivity index (χ1v) is 6.80. The van der Waals surface area contributed by atoms with Crippen LogP contribution in [0.15, 0.2) is 35.3 Å². The van der Waals surface area contributed by atoms with E-state index in [9.17, 15) is 13.2 Å². The van der Waals surface area contributed by atoms with Crippen LogP contribution in [-0.2, 0) is 19.3 Å². The summed E-state index contributed by atoms with van der Waals surface area (Å²) < 4.78 is 42.7. The van der Waals surface area contributed by atoms with Gasteiger partial charge < -0.3 is 0 Å². The highest BCUT2D eigenvalue weighted by atomic mass is 79.9. The predicted octanol–water partition coefficient (Wildman–Crippen LogP) is 3.11. The second kappa shape index (κ2) is 5.14. The van der Waals surface area contributed by atoms with Crippen LogP contribution < -0.4 is 0 Å². The van der Waals surface area contributed by atoms with Crippen molar-refractivity contribution in [1.82, 2.24) is 24.5 Å². The Labute approximate surface area is 125 Å². The van der Waals surface area contributed by atoms with E-state index in [4.69, 9.17) is 0 Å². The van der Waals surface area contributed by atoms with Crippen molar-refractivity contribution in [3.05, 3.63) is 41.0 Å². The van der Waals surface area contributed by atoms with Crippen molar-refractivity contribution < 1.29 is 13.2 Å². The van der Waals surface area contributed by atoms with Gasteiger partial charge in [-0.3, -0.25) is 14.3 Å². The Morgan fingerprint density at radius 3 is 2.67 bits per heavy atom. The topological polar surface area (TPSA) is 48.5 Å². The Bertz CT molecular complexity index is 777. The molecule has 0 N–H and O–H groups in total. The first kappa shape index (κ1) is 14.1. The number of pyridine rings is 1. The monoisotopic (exact) mass is 359 g/mol. The lowest BCUT2D eigenvalue weighted by Crippen LogP contribution is -2.11. The van der Waals surface area contributed by atoms with Gasteiger partial charge in [-0.05, 0) is 22.0 Å². The molecular formula is C12H9BrF3N5. The lowest BCUT2D eigenvalue weighted by Gasteiger charge is -2.04. The van der Waals surface area contributed by atoms with Crippen molar-refractivity contribution in [1.29, 1.82) is 0 Å². The molecule has 3 aromatic heterocycles.